The molecule has 21 heavy (non-hydrogen) atoms. The van der Waals surface area contributed by atoms with E-state index in [1.54, 1.807) is 32.9 Å². The van der Waals surface area contributed by atoms with Crippen LogP contribution >= 0.6 is 11.6 Å². The van der Waals surface area contributed by atoms with Crippen LogP contribution in [-0.2, 0) is 16.1 Å². The second kappa shape index (κ2) is 7.88. The van der Waals surface area contributed by atoms with Crippen LogP contribution < -0.4 is 10.6 Å². The quantitative estimate of drug-likeness (QED) is 0.878. The van der Waals surface area contributed by atoms with Crippen LogP contribution in [0, 0.1) is 0 Å². The van der Waals surface area contributed by atoms with Gasteiger partial charge in [0.15, 0.2) is 0 Å². The lowest BCUT2D eigenvalue weighted by Crippen LogP contribution is -2.35. The molecule has 0 unspecified atom stereocenters. The SMILES string of the molecule is CC(C)(C)OC(=O)NCCC(=O)NCc1ccc(Cl)cc1. The van der Waals surface area contributed by atoms with Crippen molar-refractivity contribution < 1.29 is 14.3 Å². The van der Waals surface area contributed by atoms with Crippen molar-refractivity contribution in [2.45, 2.75) is 39.3 Å². The molecule has 2 N–H and O–H groups in total. The zero-order chi connectivity index (χ0) is 15.9. The average Bonchev–Trinajstić information content (AvgIpc) is 2.36. The van der Waals surface area contributed by atoms with Crippen molar-refractivity contribution in [3.8, 4) is 0 Å². The number of carbonyl (C=O) groups excluding carboxylic acids is 2. The summed E-state index contributed by atoms with van der Waals surface area (Å²) >= 11 is 5.78. The summed E-state index contributed by atoms with van der Waals surface area (Å²) in [5, 5.41) is 5.96. The van der Waals surface area contributed by atoms with Crippen molar-refractivity contribution in [1.29, 1.82) is 0 Å². The van der Waals surface area contributed by atoms with Gasteiger partial charge in [-0.3, -0.25) is 4.79 Å². The van der Waals surface area contributed by atoms with E-state index in [4.69, 9.17) is 16.3 Å². The number of alkyl carbamates (subject to hydrolysis) is 1. The van der Waals surface area contributed by atoms with Crippen LogP contribution in [0.4, 0.5) is 4.79 Å². The van der Waals surface area contributed by atoms with E-state index in [2.05, 4.69) is 10.6 Å². The van der Waals surface area contributed by atoms with Gasteiger partial charge in [-0.1, -0.05) is 23.7 Å². The number of benzene rings is 1. The summed E-state index contributed by atoms with van der Waals surface area (Å²) in [6, 6.07) is 7.24. The number of halogens is 1. The highest BCUT2D eigenvalue weighted by Crippen LogP contribution is 2.09. The summed E-state index contributed by atoms with van der Waals surface area (Å²) in [6.07, 6.45) is -0.319. The Morgan fingerprint density at radius 1 is 1.14 bits per heavy atom. The van der Waals surface area contributed by atoms with E-state index in [1.807, 2.05) is 12.1 Å². The minimum atomic E-state index is -0.541. The zero-order valence-corrected chi connectivity index (χ0v) is 13.3. The Labute approximate surface area is 130 Å². The Balaban J connectivity index is 2.19. The number of rotatable bonds is 5. The van der Waals surface area contributed by atoms with Crippen molar-refractivity contribution in [2.24, 2.45) is 0 Å². The molecule has 2 amide bonds. The van der Waals surface area contributed by atoms with Crippen molar-refractivity contribution in [1.82, 2.24) is 10.6 Å². The Bertz CT molecular complexity index is 481. The summed E-state index contributed by atoms with van der Waals surface area (Å²) < 4.78 is 5.07. The largest absolute Gasteiger partial charge is 0.444 e. The molecular weight excluding hydrogens is 292 g/mol. The van der Waals surface area contributed by atoms with Gasteiger partial charge in [-0.25, -0.2) is 4.79 Å². The summed E-state index contributed by atoms with van der Waals surface area (Å²) in [5.74, 6) is -0.138. The van der Waals surface area contributed by atoms with Crippen LogP contribution in [0.5, 0.6) is 0 Å². The molecule has 0 heterocycles. The molecule has 0 radical (unpaired) electrons. The first kappa shape index (κ1) is 17.3. The van der Waals surface area contributed by atoms with Gasteiger partial charge >= 0.3 is 6.09 Å². The predicted molar refractivity (Wildman–Crippen MR) is 82.2 cm³/mol. The first-order valence-electron chi connectivity index (χ1n) is 6.74. The number of ether oxygens (including phenoxy) is 1. The second-order valence-electron chi connectivity index (χ2n) is 5.58. The predicted octanol–water partition coefficient (Wildman–Crippen LogP) is 2.87. The summed E-state index contributed by atoms with van der Waals surface area (Å²) in [7, 11) is 0. The number of carbonyl (C=O) groups is 2. The molecule has 116 valence electrons. The van der Waals surface area contributed by atoms with E-state index < -0.39 is 11.7 Å². The van der Waals surface area contributed by atoms with Crippen molar-refractivity contribution in [2.75, 3.05) is 6.54 Å². The zero-order valence-electron chi connectivity index (χ0n) is 12.5. The van der Waals surface area contributed by atoms with Crippen molar-refractivity contribution >= 4 is 23.6 Å². The van der Waals surface area contributed by atoms with E-state index >= 15 is 0 Å². The molecule has 0 aliphatic carbocycles. The molecule has 0 aromatic heterocycles. The van der Waals surface area contributed by atoms with Gasteiger partial charge in [-0.05, 0) is 38.5 Å². The Hall–Kier alpha value is -1.75. The molecule has 0 aliphatic heterocycles. The van der Waals surface area contributed by atoms with E-state index in [0.717, 1.165) is 5.56 Å². The third-order valence-corrected chi connectivity index (χ3v) is 2.68. The fraction of sp³-hybridized carbons (Fsp3) is 0.467. The van der Waals surface area contributed by atoms with Crippen LogP contribution in [0.15, 0.2) is 24.3 Å². The molecule has 0 fully saturated rings. The van der Waals surface area contributed by atoms with Gasteiger partial charge in [0.1, 0.15) is 5.60 Å². The maximum Gasteiger partial charge on any atom is 0.407 e. The molecule has 5 nitrogen and oxygen atoms in total. The summed E-state index contributed by atoms with van der Waals surface area (Å²) in [5.41, 5.74) is 0.425. The van der Waals surface area contributed by atoms with Gasteiger partial charge in [0.05, 0.1) is 0 Å². The first-order chi connectivity index (χ1) is 9.76. The average molecular weight is 313 g/mol. The first-order valence-corrected chi connectivity index (χ1v) is 7.12. The summed E-state index contributed by atoms with van der Waals surface area (Å²) in [4.78, 5) is 23.0. The highest BCUT2D eigenvalue weighted by Gasteiger charge is 2.15. The second-order valence-corrected chi connectivity index (χ2v) is 6.02. The van der Waals surface area contributed by atoms with Crippen LogP contribution in [0.1, 0.15) is 32.8 Å². The normalized spacial score (nSPS) is 10.9. The van der Waals surface area contributed by atoms with E-state index in [0.29, 0.717) is 11.6 Å². The van der Waals surface area contributed by atoms with Gasteiger partial charge in [-0.15, -0.1) is 0 Å². The van der Waals surface area contributed by atoms with Gasteiger partial charge in [0.2, 0.25) is 5.91 Å². The maximum absolute atomic E-state index is 11.6. The molecular formula is C15H21ClN2O3. The van der Waals surface area contributed by atoms with Crippen LogP contribution in [0.3, 0.4) is 0 Å². The third kappa shape index (κ3) is 8.19. The van der Waals surface area contributed by atoms with Crippen molar-refractivity contribution in [3.63, 3.8) is 0 Å². The molecule has 0 bridgehead atoms. The molecule has 6 heteroatoms. The van der Waals surface area contributed by atoms with E-state index in [1.165, 1.54) is 0 Å². The minimum Gasteiger partial charge on any atom is -0.444 e. The molecule has 0 saturated carbocycles. The molecule has 1 aromatic carbocycles. The third-order valence-electron chi connectivity index (χ3n) is 2.42. The smallest absolute Gasteiger partial charge is 0.407 e. The highest BCUT2D eigenvalue weighted by atomic mass is 35.5. The molecule has 0 spiro atoms. The minimum absolute atomic E-state index is 0.138. The van der Waals surface area contributed by atoms with Gasteiger partial charge in [-0.2, -0.15) is 0 Å². The topological polar surface area (TPSA) is 67.4 Å². The number of nitrogens with one attached hydrogen (secondary N) is 2. The standard InChI is InChI=1S/C15H21ClN2O3/c1-15(2,3)21-14(20)17-9-8-13(19)18-10-11-4-6-12(16)7-5-11/h4-7H,8-10H2,1-3H3,(H,17,20)(H,18,19). The van der Waals surface area contributed by atoms with Gasteiger partial charge < -0.3 is 15.4 Å². The lowest BCUT2D eigenvalue weighted by atomic mass is 10.2. The van der Waals surface area contributed by atoms with Crippen LogP contribution in [0.25, 0.3) is 0 Å². The Morgan fingerprint density at radius 3 is 2.33 bits per heavy atom. The Kier molecular flexibility index (Phi) is 6.49. The number of hydrogen-bond acceptors (Lipinski definition) is 3. The fourth-order valence-corrected chi connectivity index (χ4v) is 1.61. The highest BCUT2D eigenvalue weighted by molar-refractivity contribution is 6.30. The van der Waals surface area contributed by atoms with Gasteiger partial charge in [0.25, 0.3) is 0 Å². The molecule has 0 atom stereocenters. The van der Waals surface area contributed by atoms with Crippen molar-refractivity contribution in [3.05, 3.63) is 34.9 Å². The van der Waals surface area contributed by atoms with Gasteiger partial charge in [0, 0.05) is 24.5 Å². The van der Waals surface area contributed by atoms with Crippen LogP contribution in [-0.4, -0.2) is 24.1 Å². The lowest BCUT2D eigenvalue weighted by molar-refractivity contribution is -0.121. The molecule has 1 aromatic rings. The number of amides is 2. The fourth-order valence-electron chi connectivity index (χ4n) is 1.48. The maximum atomic E-state index is 11.6. The summed E-state index contributed by atoms with van der Waals surface area (Å²) in [6.45, 7) is 6.02. The molecule has 0 aliphatic rings. The van der Waals surface area contributed by atoms with E-state index in [-0.39, 0.29) is 18.9 Å². The monoisotopic (exact) mass is 312 g/mol. The molecule has 0 saturated heterocycles. The lowest BCUT2D eigenvalue weighted by Gasteiger charge is -2.19. The molecule has 1 rings (SSSR count). The van der Waals surface area contributed by atoms with E-state index in [9.17, 15) is 9.59 Å². The van der Waals surface area contributed by atoms with Crippen LogP contribution in [0.2, 0.25) is 5.02 Å². The Morgan fingerprint density at radius 2 is 1.76 bits per heavy atom. The number of hydrogen-bond donors (Lipinski definition) is 2.